The van der Waals surface area contributed by atoms with Gasteiger partial charge < -0.3 is 4.42 Å². The van der Waals surface area contributed by atoms with E-state index in [-0.39, 0.29) is 5.56 Å². The Morgan fingerprint density at radius 2 is 2.04 bits per heavy atom. The van der Waals surface area contributed by atoms with E-state index in [4.69, 9.17) is 9.68 Å². The number of benzene rings is 2. The topological polar surface area (TPSA) is 93.8 Å². The molecular formula is C18H12N4O3. The van der Waals surface area contributed by atoms with Gasteiger partial charge >= 0.3 is 5.76 Å². The van der Waals surface area contributed by atoms with Gasteiger partial charge in [-0.1, -0.05) is 6.07 Å². The van der Waals surface area contributed by atoms with E-state index >= 15 is 0 Å². The number of hydrogen-bond donors (Lipinski definition) is 0. The lowest BCUT2D eigenvalue weighted by Gasteiger charge is -2.07. The van der Waals surface area contributed by atoms with Gasteiger partial charge in [-0.15, -0.1) is 0 Å². The lowest BCUT2D eigenvalue weighted by atomic mass is 10.1. The third-order valence-corrected chi connectivity index (χ3v) is 4.16. The van der Waals surface area contributed by atoms with E-state index in [0.29, 0.717) is 34.1 Å². The Labute approximate surface area is 141 Å². The molecule has 2 heterocycles. The van der Waals surface area contributed by atoms with Crippen molar-refractivity contribution < 1.29 is 4.42 Å². The minimum absolute atomic E-state index is 0.185. The Kier molecular flexibility index (Phi) is 3.25. The molecule has 0 aliphatic carbocycles. The number of oxazole rings is 1. The highest BCUT2D eigenvalue weighted by molar-refractivity contribution is 5.78. The van der Waals surface area contributed by atoms with Crippen LogP contribution in [0.5, 0.6) is 0 Å². The van der Waals surface area contributed by atoms with Crippen molar-refractivity contribution in [2.45, 2.75) is 6.54 Å². The molecule has 0 atom stereocenters. The van der Waals surface area contributed by atoms with Crippen molar-refractivity contribution in [1.82, 2.24) is 14.1 Å². The molecule has 25 heavy (non-hydrogen) atoms. The van der Waals surface area contributed by atoms with Crippen molar-refractivity contribution in [3.63, 3.8) is 0 Å². The number of aryl methyl sites for hydroxylation is 1. The summed E-state index contributed by atoms with van der Waals surface area (Å²) in [4.78, 5) is 28.5. The number of hydrogen-bond acceptors (Lipinski definition) is 5. The van der Waals surface area contributed by atoms with Crippen LogP contribution in [0.25, 0.3) is 22.0 Å². The second-order valence-corrected chi connectivity index (χ2v) is 5.75. The third-order valence-electron chi connectivity index (χ3n) is 4.16. The van der Waals surface area contributed by atoms with Gasteiger partial charge in [-0.25, -0.2) is 9.78 Å². The molecular weight excluding hydrogens is 320 g/mol. The maximum absolute atomic E-state index is 12.6. The highest BCUT2D eigenvalue weighted by Gasteiger charge is 2.09. The van der Waals surface area contributed by atoms with Crippen LogP contribution in [0.15, 0.2) is 56.7 Å². The summed E-state index contributed by atoms with van der Waals surface area (Å²) < 4.78 is 8.02. The van der Waals surface area contributed by atoms with Gasteiger partial charge in [0.1, 0.15) is 0 Å². The Balaban J connectivity index is 1.79. The Bertz CT molecular complexity index is 1290. The van der Waals surface area contributed by atoms with E-state index < -0.39 is 5.76 Å². The predicted molar refractivity (Wildman–Crippen MR) is 91.3 cm³/mol. The Morgan fingerprint density at radius 3 is 2.84 bits per heavy atom. The van der Waals surface area contributed by atoms with E-state index in [1.807, 2.05) is 12.1 Å². The van der Waals surface area contributed by atoms with Crippen LogP contribution >= 0.6 is 0 Å². The number of rotatable bonds is 2. The van der Waals surface area contributed by atoms with Gasteiger partial charge in [0.2, 0.25) is 0 Å². The van der Waals surface area contributed by atoms with E-state index in [1.54, 1.807) is 37.4 Å². The van der Waals surface area contributed by atoms with E-state index in [0.717, 1.165) is 5.56 Å². The largest absolute Gasteiger partial charge is 0.419 e. The summed E-state index contributed by atoms with van der Waals surface area (Å²) in [5.74, 6) is -0.426. The standard InChI is InChI=1S/C18H12N4O3/c1-21-15-7-12(3-5-16(15)25-18(21)24)9-22-10-20-14-6-11(8-19)2-4-13(14)17(22)23/h2-7,10H,9H2,1H3. The van der Waals surface area contributed by atoms with Gasteiger partial charge in [0.25, 0.3) is 5.56 Å². The van der Waals surface area contributed by atoms with E-state index in [2.05, 4.69) is 4.98 Å². The number of nitriles is 1. The van der Waals surface area contributed by atoms with E-state index in [1.165, 1.54) is 15.5 Å². The first-order valence-electron chi connectivity index (χ1n) is 7.54. The summed E-state index contributed by atoms with van der Waals surface area (Å²) >= 11 is 0. The molecule has 0 bridgehead atoms. The monoisotopic (exact) mass is 332 g/mol. The summed E-state index contributed by atoms with van der Waals surface area (Å²) in [5.41, 5.74) is 2.79. The molecule has 0 N–H and O–H groups in total. The summed E-state index contributed by atoms with van der Waals surface area (Å²) in [6.45, 7) is 0.317. The minimum atomic E-state index is -0.426. The minimum Gasteiger partial charge on any atom is -0.408 e. The van der Waals surface area contributed by atoms with Gasteiger partial charge in [-0.3, -0.25) is 13.9 Å². The van der Waals surface area contributed by atoms with Gasteiger partial charge in [-0.05, 0) is 35.9 Å². The molecule has 4 rings (SSSR count). The first kappa shape index (κ1) is 14.9. The first-order valence-corrected chi connectivity index (χ1v) is 7.54. The fourth-order valence-corrected chi connectivity index (χ4v) is 2.81. The first-order chi connectivity index (χ1) is 12.1. The number of fused-ring (bicyclic) bond motifs is 2. The molecule has 0 aliphatic heterocycles. The summed E-state index contributed by atoms with van der Waals surface area (Å²) in [6, 6.07) is 12.2. The van der Waals surface area contributed by atoms with Gasteiger partial charge in [0.05, 0.1) is 40.9 Å². The Morgan fingerprint density at radius 1 is 1.20 bits per heavy atom. The van der Waals surface area contributed by atoms with Crippen LogP contribution in [0.3, 0.4) is 0 Å². The highest BCUT2D eigenvalue weighted by atomic mass is 16.4. The molecule has 0 aliphatic rings. The molecule has 0 radical (unpaired) electrons. The van der Waals surface area contributed by atoms with Crippen LogP contribution in [0.2, 0.25) is 0 Å². The summed E-state index contributed by atoms with van der Waals surface area (Å²) in [6.07, 6.45) is 1.46. The van der Waals surface area contributed by atoms with Crippen molar-refractivity contribution in [1.29, 1.82) is 5.26 Å². The maximum Gasteiger partial charge on any atom is 0.419 e. The molecule has 0 unspecified atom stereocenters. The van der Waals surface area contributed by atoms with Crippen LogP contribution < -0.4 is 11.3 Å². The van der Waals surface area contributed by atoms with Crippen LogP contribution in [0.4, 0.5) is 0 Å². The number of aromatic nitrogens is 3. The van der Waals surface area contributed by atoms with Crippen LogP contribution in [0, 0.1) is 11.3 Å². The van der Waals surface area contributed by atoms with Crippen LogP contribution in [0.1, 0.15) is 11.1 Å². The van der Waals surface area contributed by atoms with Crippen molar-refractivity contribution in [3.8, 4) is 6.07 Å². The van der Waals surface area contributed by atoms with Gasteiger partial charge in [0.15, 0.2) is 5.58 Å². The summed E-state index contributed by atoms with van der Waals surface area (Å²) in [7, 11) is 1.63. The average molecular weight is 332 g/mol. The molecule has 0 saturated heterocycles. The zero-order valence-corrected chi connectivity index (χ0v) is 13.3. The smallest absolute Gasteiger partial charge is 0.408 e. The molecule has 2 aromatic heterocycles. The Hall–Kier alpha value is -3.66. The molecule has 2 aromatic carbocycles. The quantitative estimate of drug-likeness (QED) is 0.557. The second-order valence-electron chi connectivity index (χ2n) is 5.75. The lowest BCUT2D eigenvalue weighted by Crippen LogP contribution is -2.21. The fraction of sp³-hybridized carbons (Fsp3) is 0.111. The van der Waals surface area contributed by atoms with Crippen molar-refractivity contribution in [2.75, 3.05) is 0 Å². The average Bonchev–Trinajstić information content (AvgIpc) is 2.91. The molecule has 4 aromatic rings. The molecule has 122 valence electrons. The van der Waals surface area contributed by atoms with Crippen molar-refractivity contribution >= 4 is 22.0 Å². The summed E-state index contributed by atoms with van der Waals surface area (Å²) in [5, 5.41) is 9.39. The lowest BCUT2D eigenvalue weighted by molar-refractivity contribution is 0.528. The van der Waals surface area contributed by atoms with Crippen molar-refractivity contribution in [2.24, 2.45) is 7.05 Å². The molecule has 7 nitrogen and oxygen atoms in total. The molecule has 0 saturated carbocycles. The highest BCUT2D eigenvalue weighted by Crippen LogP contribution is 2.15. The zero-order valence-electron chi connectivity index (χ0n) is 13.3. The molecule has 0 fully saturated rings. The van der Waals surface area contributed by atoms with Crippen molar-refractivity contribution in [3.05, 3.63) is 74.8 Å². The maximum atomic E-state index is 12.6. The fourth-order valence-electron chi connectivity index (χ4n) is 2.81. The van der Waals surface area contributed by atoms with Crippen LogP contribution in [-0.2, 0) is 13.6 Å². The third kappa shape index (κ3) is 2.40. The molecule has 0 spiro atoms. The molecule has 7 heteroatoms. The molecule has 0 amide bonds. The number of nitrogens with zero attached hydrogens (tertiary/aromatic N) is 4. The van der Waals surface area contributed by atoms with Gasteiger partial charge in [0, 0.05) is 7.05 Å². The van der Waals surface area contributed by atoms with Gasteiger partial charge in [-0.2, -0.15) is 5.26 Å². The SMILES string of the molecule is Cn1c(=O)oc2ccc(Cn3cnc4cc(C#N)ccc4c3=O)cc21. The normalized spacial score (nSPS) is 11.0. The second kappa shape index (κ2) is 5.46. The predicted octanol–water partition coefficient (Wildman–Crippen LogP) is 1.76. The van der Waals surface area contributed by atoms with E-state index in [9.17, 15) is 9.59 Å². The zero-order chi connectivity index (χ0) is 17.6. The van der Waals surface area contributed by atoms with Crippen LogP contribution in [-0.4, -0.2) is 14.1 Å².